The Kier molecular flexibility index (Phi) is 6.73. The van der Waals surface area contributed by atoms with E-state index in [9.17, 15) is 0 Å². The molecule has 0 fully saturated rings. The molecule has 1 aliphatic heterocycles. The first-order valence-corrected chi connectivity index (χ1v) is 13.6. The maximum Gasteiger partial charge on any atom is 0.197 e. The number of unbranched alkanes of at least 4 members (excludes halogenated alkanes) is 4. The van der Waals surface area contributed by atoms with Crippen LogP contribution in [0.15, 0.2) is 10.3 Å². The number of fused-ring (bicyclic) bond motifs is 5. The van der Waals surface area contributed by atoms with Gasteiger partial charge in [0, 0.05) is 17.1 Å². The van der Waals surface area contributed by atoms with Crippen molar-refractivity contribution in [3.63, 3.8) is 0 Å². The molecule has 0 saturated carbocycles. The zero-order chi connectivity index (χ0) is 20.4. The molecule has 0 bridgehead atoms. The molecule has 158 valence electrons. The van der Waals surface area contributed by atoms with Crippen molar-refractivity contribution >= 4 is 50.7 Å². The molecule has 4 rings (SSSR count). The van der Waals surface area contributed by atoms with E-state index in [1.54, 1.807) is 23.1 Å². The molecule has 0 aliphatic carbocycles. The maximum atomic E-state index is 6.17. The van der Waals surface area contributed by atoms with Gasteiger partial charge in [0.25, 0.3) is 0 Å². The van der Waals surface area contributed by atoms with Crippen molar-refractivity contribution < 1.29 is 4.74 Å². The number of rotatable bonds is 9. The van der Waals surface area contributed by atoms with Crippen LogP contribution in [0.2, 0.25) is 0 Å². The van der Waals surface area contributed by atoms with Crippen molar-refractivity contribution in [2.45, 2.75) is 88.2 Å². The van der Waals surface area contributed by atoms with Crippen molar-refractivity contribution in [1.29, 1.82) is 0 Å². The number of hydrogen-bond acceptors (Lipinski definition) is 7. The summed E-state index contributed by atoms with van der Waals surface area (Å²) in [6.45, 7) is 7.34. The third kappa shape index (κ3) is 4.18. The highest BCUT2D eigenvalue weighted by Crippen LogP contribution is 2.42. The summed E-state index contributed by atoms with van der Waals surface area (Å²) in [6.07, 6.45) is 10.5. The highest BCUT2D eigenvalue weighted by molar-refractivity contribution is 7.99. The van der Waals surface area contributed by atoms with E-state index in [0.717, 1.165) is 39.4 Å². The van der Waals surface area contributed by atoms with E-state index < -0.39 is 0 Å². The second-order valence-electron chi connectivity index (χ2n) is 7.96. The van der Waals surface area contributed by atoms with Crippen LogP contribution < -0.4 is 0 Å². The first-order valence-electron chi connectivity index (χ1n) is 10.6. The number of aromatic nitrogens is 4. The quantitative estimate of drug-likeness (QED) is 0.215. The van der Waals surface area contributed by atoms with E-state index in [2.05, 4.69) is 41.6 Å². The zero-order valence-corrected chi connectivity index (χ0v) is 20.2. The van der Waals surface area contributed by atoms with Crippen LogP contribution in [0.25, 0.3) is 15.9 Å². The molecule has 4 heterocycles. The highest BCUT2D eigenvalue weighted by Gasteiger charge is 2.33. The van der Waals surface area contributed by atoms with Crippen LogP contribution in [0, 0.1) is 0 Å². The fourth-order valence-electron chi connectivity index (χ4n) is 3.84. The van der Waals surface area contributed by atoms with Gasteiger partial charge in [0.15, 0.2) is 16.0 Å². The van der Waals surface area contributed by atoms with Crippen molar-refractivity contribution in [1.82, 2.24) is 19.6 Å². The first-order chi connectivity index (χ1) is 14.1. The van der Waals surface area contributed by atoms with E-state index in [1.807, 2.05) is 11.8 Å². The lowest BCUT2D eigenvalue weighted by Crippen LogP contribution is -2.33. The Bertz CT molecular complexity index is 999. The minimum atomic E-state index is -0.105. The van der Waals surface area contributed by atoms with Gasteiger partial charge in [-0.1, -0.05) is 63.1 Å². The predicted molar refractivity (Wildman–Crippen MR) is 125 cm³/mol. The molecule has 0 saturated heterocycles. The molecule has 8 heteroatoms. The number of thioether (sulfide) groups is 2. The van der Waals surface area contributed by atoms with Crippen LogP contribution in [-0.4, -0.2) is 37.2 Å². The normalized spacial score (nSPS) is 19.3. The van der Waals surface area contributed by atoms with E-state index >= 15 is 0 Å². The Hall–Kier alpha value is -0.830. The topological polar surface area (TPSA) is 52.3 Å². The van der Waals surface area contributed by atoms with Crippen LogP contribution in [0.4, 0.5) is 0 Å². The minimum absolute atomic E-state index is 0.105. The van der Waals surface area contributed by atoms with E-state index in [0.29, 0.717) is 6.61 Å². The van der Waals surface area contributed by atoms with Crippen LogP contribution >= 0.6 is 34.9 Å². The molecule has 3 aromatic rings. The smallest absolute Gasteiger partial charge is 0.197 e. The van der Waals surface area contributed by atoms with Crippen LogP contribution in [0.3, 0.4) is 0 Å². The molecule has 1 atom stereocenters. The third-order valence-corrected chi connectivity index (χ3v) is 8.58. The molecular weight excluding hydrogens is 420 g/mol. The fraction of sp³-hybridized carbons (Fsp3) is 0.667. The molecular formula is C21H30N4OS3. The summed E-state index contributed by atoms with van der Waals surface area (Å²) in [7, 11) is 0. The second kappa shape index (κ2) is 9.12. The predicted octanol–water partition coefficient (Wildman–Crippen LogP) is 6.36. The Morgan fingerprint density at radius 3 is 2.72 bits per heavy atom. The fourth-order valence-corrected chi connectivity index (χ4v) is 6.53. The molecule has 0 N–H and O–H groups in total. The Morgan fingerprint density at radius 2 is 1.97 bits per heavy atom. The second-order valence-corrected chi connectivity index (χ2v) is 10.9. The van der Waals surface area contributed by atoms with Crippen LogP contribution in [-0.2, 0) is 17.8 Å². The molecule has 0 aromatic carbocycles. The van der Waals surface area contributed by atoms with E-state index in [-0.39, 0.29) is 5.60 Å². The standard InChI is InChI=1S/C21H30N4OS3/c1-5-7-8-9-10-11-28-20-24-23-17-16-14-12-21(3,6-2)26-13-15(14)29-18(16)22-19(27-4)25(17)20/h5-13H2,1-4H3/t21-/m0/s1. The third-order valence-electron chi connectivity index (χ3n) is 5.83. The van der Waals surface area contributed by atoms with Gasteiger partial charge < -0.3 is 4.74 Å². The Balaban J connectivity index is 1.68. The van der Waals surface area contributed by atoms with E-state index in [1.165, 1.54) is 47.9 Å². The molecule has 0 amide bonds. The number of nitrogens with zero attached hydrogens (tertiary/aromatic N) is 4. The molecule has 1 aliphatic rings. The van der Waals surface area contributed by atoms with Crippen LogP contribution in [0.5, 0.6) is 0 Å². The number of hydrogen-bond donors (Lipinski definition) is 0. The van der Waals surface area contributed by atoms with Gasteiger partial charge in [-0.3, -0.25) is 0 Å². The zero-order valence-electron chi connectivity index (χ0n) is 17.8. The number of thiophene rings is 1. The van der Waals surface area contributed by atoms with Crippen LogP contribution in [0.1, 0.15) is 69.7 Å². The van der Waals surface area contributed by atoms with Crippen molar-refractivity contribution in [3.05, 3.63) is 10.4 Å². The summed E-state index contributed by atoms with van der Waals surface area (Å²) >= 11 is 5.23. The van der Waals surface area contributed by atoms with Gasteiger partial charge in [-0.2, -0.15) is 0 Å². The van der Waals surface area contributed by atoms with Gasteiger partial charge in [0.2, 0.25) is 0 Å². The average molecular weight is 451 g/mol. The Morgan fingerprint density at radius 1 is 1.14 bits per heavy atom. The van der Waals surface area contributed by atoms with Crippen molar-refractivity contribution in [2.75, 3.05) is 12.0 Å². The minimum Gasteiger partial charge on any atom is -0.369 e. The summed E-state index contributed by atoms with van der Waals surface area (Å²) in [5.74, 6) is 1.08. The lowest BCUT2D eigenvalue weighted by atomic mass is 9.90. The summed E-state index contributed by atoms with van der Waals surface area (Å²) in [4.78, 5) is 7.36. The lowest BCUT2D eigenvalue weighted by Gasteiger charge is -2.32. The SMILES string of the molecule is CCCCCCCSc1nnc2c3c4c(sc3nc(SC)n12)CO[C@@](C)(CC)C4. The highest BCUT2D eigenvalue weighted by atomic mass is 32.2. The molecule has 0 radical (unpaired) electrons. The molecule has 29 heavy (non-hydrogen) atoms. The van der Waals surface area contributed by atoms with E-state index in [4.69, 9.17) is 9.72 Å². The lowest BCUT2D eigenvalue weighted by molar-refractivity contribution is -0.0542. The van der Waals surface area contributed by atoms with Gasteiger partial charge in [0.05, 0.1) is 17.6 Å². The maximum absolute atomic E-state index is 6.17. The van der Waals surface area contributed by atoms with Gasteiger partial charge >= 0.3 is 0 Å². The summed E-state index contributed by atoms with van der Waals surface area (Å²) < 4.78 is 8.34. The van der Waals surface area contributed by atoms with Gasteiger partial charge in [-0.25, -0.2) is 9.38 Å². The number of ether oxygens (including phenoxy) is 1. The average Bonchev–Trinajstić information content (AvgIpc) is 3.30. The molecule has 0 spiro atoms. The Labute approximate surface area is 185 Å². The van der Waals surface area contributed by atoms with Crippen molar-refractivity contribution in [2.24, 2.45) is 0 Å². The monoisotopic (exact) mass is 450 g/mol. The molecule has 5 nitrogen and oxygen atoms in total. The first kappa shape index (κ1) is 21.4. The summed E-state index contributed by atoms with van der Waals surface area (Å²) in [5.41, 5.74) is 2.23. The summed E-state index contributed by atoms with van der Waals surface area (Å²) in [5, 5.41) is 12.3. The molecule has 3 aromatic heterocycles. The van der Waals surface area contributed by atoms with Gasteiger partial charge in [-0.05, 0) is 31.6 Å². The largest absolute Gasteiger partial charge is 0.369 e. The molecule has 0 unspecified atom stereocenters. The summed E-state index contributed by atoms with van der Waals surface area (Å²) in [6, 6.07) is 0. The van der Waals surface area contributed by atoms with Gasteiger partial charge in [-0.15, -0.1) is 21.5 Å². The van der Waals surface area contributed by atoms with Gasteiger partial charge in [0.1, 0.15) is 4.83 Å². The van der Waals surface area contributed by atoms with Crippen molar-refractivity contribution in [3.8, 4) is 0 Å².